The molecule has 0 saturated heterocycles. The van der Waals surface area contributed by atoms with E-state index in [1.54, 1.807) is 0 Å². The lowest BCUT2D eigenvalue weighted by atomic mass is 9.57. The van der Waals surface area contributed by atoms with Crippen LogP contribution in [0.3, 0.4) is 0 Å². The van der Waals surface area contributed by atoms with E-state index in [9.17, 15) is 4.79 Å². The molecule has 0 heterocycles. The number of carbonyl (C=O) groups excluding carboxylic acids is 1. The average Bonchev–Trinajstić information content (AvgIpc) is 2.67. The third kappa shape index (κ3) is 15.5. The maximum Gasteiger partial charge on any atom is 0.290 e. The van der Waals surface area contributed by atoms with E-state index in [2.05, 4.69) is 44.8 Å². The normalized spacial score (nSPS) is 13.8. The van der Waals surface area contributed by atoms with Gasteiger partial charge in [0.25, 0.3) is 6.47 Å². The average molecular weight is 421 g/mol. The van der Waals surface area contributed by atoms with Crippen molar-refractivity contribution in [1.82, 2.24) is 5.48 Å². The molecule has 0 bridgehead atoms. The minimum atomic E-state index is -0.444. The van der Waals surface area contributed by atoms with E-state index in [0.29, 0.717) is 17.4 Å². The van der Waals surface area contributed by atoms with Crippen LogP contribution >= 0.6 is 0 Å². The molecule has 0 fully saturated rings. The van der Waals surface area contributed by atoms with Gasteiger partial charge >= 0.3 is 0 Å². The second kappa shape index (κ2) is 20.3. The quantitative estimate of drug-likeness (QED) is 0.186. The summed E-state index contributed by atoms with van der Waals surface area (Å²) in [4.78, 5) is 18.7. The van der Waals surface area contributed by atoms with Crippen LogP contribution in [0.2, 0.25) is 0 Å². The summed E-state index contributed by atoms with van der Waals surface area (Å²) in [7, 11) is 1.52. The van der Waals surface area contributed by atoms with Gasteiger partial charge in [-0.2, -0.15) is 0 Å². The van der Waals surface area contributed by atoms with Gasteiger partial charge in [-0.15, -0.1) is 0 Å². The number of hydrogen-bond donors (Lipinski definition) is 4. The molecular weight excluding hydrogens is 372 g/mol. The number of unbranched alkanes of at least 4 members (excludes halogenated alkanes) is 1. The summed E-state index contributed by atoms with van der Waals surface area (Å²) in [6.07, 6.45) is 10.1. The van der Waals surface area contributed by atoms with E-state index in [-0.39, 0.29) is 12.3 Å². The molecule has 7 nitrogen and oxygen atoms in total. The van der Waals surface area contributed by atoms with Gasteiger partial charge in [-0.1, -0.05) is 60.3 Å². The van der Waals surface area contributed by atoms with Crippen LogP contribution < -0.4 is 11.2 Å². The zero-order valence-corrected chi connectivity index (χ0v) is 19.9. The van der Waals surface area contributed by atoms with Crippen LogP contribution in [0.25, 0.3) is 0 Å². The number of rotatable bonds is 14. The summed E-state index contributed by atoms with van der Waals surface area (Å²) in [5, 5.41) is 15.7. The number of hydrogen-bond acceptors (Lipinski definition) is 6. The van der Waals surface area contributed by atoms with Crippen LogP contribution in [0.1, 0.15) is 92.9 Å². The predicted octanol–water partition coefficient (Wildman–Crippen LogP) is 4.41. The molecule has 0 unspecified atom stereocenters. The van der Waals surface area contributed by atoms with Gasteiger partial charge in [-0.05, 0) is 43.4 Å². The van der Waals surface area contributed by atoms with Crippen LogP contribution in [0.5, 0.6) is 0 Å². The fourth-order valence-corrected chi connectivity index (χ4v) is 3.56. The molecule has 0 aromatic rings. The molecule has 0 amide bonds. The number of nitrogens with one attached hydrogen (secondary N) is 1. The molecule has 0 aliphatic rings. The molecule has 0 radical (unpaired) electrons. The molecule has 7 heteroatoms. The molecule has 176 valence electrons. The monoisotopic (exact) mass is 420 g/mol. The maximum atomic E-state index is 10.3. The summed E-state index contributed by atoms with van der Waals surface area (Å²) in [5.41, 5.74) is 8.40. The van der Waals surface area contributed by atoms with E-state index in [0.717, 1.165) is 13.0 Å². The minimum absolute atomic E-state index is 0.0353. The number of nitrogens with two attached hydrogens (primary N) is 1. The van der Waals surface area contributed by atoms with Gasteiger partial charge in [0, 0.05) is 13.7 Å². The van der Waals surface area contributed by atoms with Crippen molar-refractivity contribution < 1.29 is 24.6 Å². The van der Waals surface area contributed by atoms with E-state index >= 15 is 0 Å². The van der Waals surface area contributed by atoms with Crippen molar-refractivity contribution in [3.63, 3.8) is 0 Å². The van der Waals surface area contributed by atoms with Crippen molar-refractivity contribution >= 4 is 12.3 Å². The highest BCUT2D eigenvalue weighted by Crippen LogP contribution is 2.51. The molecule has 0 aliphatic heterocycles. The van der Waals surface area contributed by atoms with Gasteiger partial charge in [0.15, 0.2) is 0 Å². The molecule has 5 N–H and O–H groups in total. The first-order valence-corrected chi connectivity index (χ1v) is 10.8. The summed E-state index contributed by atoms with van der Waals surface area (Å²) >= 11 is 0. The van der Waals surface area contributed by atoms with Gasteiger partial charge in [0.05, 0.1) is 12.6 Å². The largest absolute Gasteiger partial charge is 0.483 e. The summed E-state index contributed by atoms with van der Waals surface area (Å²) in [5.74, 6) is -0.0353. The summed E-state index contributed by atoms with van der Waals surface area (Å²) in [6, 6.07) is -0.444. The topological polar surface area (TPSA) is 122 Å². The first-order valence-electron chi connectivity index (χ1n) is 10.8. The number of Topliss-reactive ketones (excluding diaryl/α,β-unsaturated/α-hetero) is 1. The molecule has 0 aliphatic carbocycles. The third-order valence-corrected chi connectivity index (χ3v) is 5.87. The zero-order chi connectivity index (χ0) is 23.3. The van der Waals surface area contributed by atoms with Crippen LogP contribution in [0, 0.1) is 10.8 Å². The molecule has 0 rings (SSSR count). The number of methoxy groups -OCH3 is 1. The fraction of sp³-hybridized carbons (Fsp3) is 0.909. The zero-order valence-electron chi connectivity index (χ0n) is 19.9. The van der Waals surface area contributed by atoms with Gasteiger partial charge in [-0.25, -0.2) is 5.48 Å². The first-order chi connectivity index (χ1) is 13.6. The van der Waals surface area contributed by atoms with Crippen LogP contribution in [-0.2, 0) is 14.3 Å². The lowest BCUT2D eigenvalue weighted by Crippen LogP contribution is -2.38. The Morgan fingerprint density at radius 1 is 1.14 bits per heavy atom. The van der Waals surface area contributed by atoms with Crippen molar-refractivity contribution in [1.29, 1.82) is 0 Å². The van der Waals surface area contributed by atoms with E-state index in [1.807, 2.05) is 0 Å². The molecule has 0 spiro atoms. The number of ketones is 1. The van der Waals surface area contributed by atoms with E-state index in [4.69, 9.17) is 20.8 Å². The third-order valence-electron chi connectivity index (χ3n) is 5.87. The highest BCUT2D eigenvalue weighted by atomic mass is 16.5. The van der Waals surface area contributed by atoms with Crippen LogP contribution in [0.4, 0.5) is 0 Å². The molecule has 0 aromatic carbocycles. The molecular formula is C22H48N2O5. The molecule has 0 saturated carbocycles. The van der Waals surface area contributed by atoms with Crippen molar-refractivity contribution in [3.8, 4) is 0 Å². The smallest absolute Gasteiger partial charge is 0.290 e. The Labute approximate surface area is 178 Å². The number of hydroxylamine groups is 1. The lowest BCUT2D eigenvalue weighted by molar-refractivity contribution is -0.123. The number of carboxylic acid groups (broad SMARTS) is 1. The Morgan fingerprint density at radius 2 is 1.66 bits per heavy atom. The standard InChI is InChI=1S/C16H35NO.C5H11NO2.CH2O2/c1-6-9-12-16(11-7-2,13-10-14-17-18)15(4,5)8-3;1-4(7)5(6)3-8-2;2-1-3/h17-18H,6-14H2,1-5H3;5H,3,6H2,1-2H3;1H,(H,2,3)/t16-;5-;/m00./s1. The molecule has 0 aromatic heterocycles. The fourth-order valence-electron chi connectivity index (χ4n) is 3.56. The van der Waals surface area contributed by atoms with Crippen molar-refractivity contribution in [3.05, 3.63) is 0 Å². The molecule has 2 atom stereocenters. The Hall–Kier alpha value is -1.02. The first kappa shape index (κ1) is 32.6. The SMILES string of the molecule is CCCC[C@@](CCC)(CCCNO)C(C)(C)CC.COC[C@H](N)C(C)=O.O=CO. The summed E-state index contributed by atoms with van der Waals surface area (Å²) in [6.45, 7) is 14.0. The number of ether oxygens (including phenoxy) is 1. The van der Waals surface area contributed by atoms with Gasteiger partial charge in [-0.3, -0.25) is 9.59 Å². The highest BCUT2D eigenvalue weighted by Gasteiger charge is 2.41. The second-order valence-corrected chi connectivity index (χ2v) is 8.16. The van der Waals surface area contributed by atoms with E-state index in [1.165, 1.54) is 59.0 Å². The van der Waals surface area contributed by atoms with E-state index < -0.39 is 6.04 Å². The van der Waals surface area contributed by atoms with Crippen molar-refractivity contribution in [2.45, 2.75) is 99.0 Å². The van der Waals surface area contributed by atoms with Crippen molar-refractivity contribution in [2.24, 2.45) is 16.6 Å². The minimum Gasteiger partial charge on any atom is -0.483 e. The Balaban J connectivity index is -0.000000508. The Morgan fingerprint density at radius 3 is 1.97 bits per heavy atom. The summed E-state index contributed by atoms with van der Waals surface area (Å²) < 4.78 is 4.62. The van der Waals surface area contributed by atoms with Gasteiger partial charge in [0.2, 0.25) is 0 Å². The highest BCUT2D eigenvalue weighted by molar-refractivity contribution is 5.81. The van der Waals surface area contributed by atoms with Crippen molar-refractivity contribution in [2.75, 3.05) is 20.3 Å². The second-order valence-electron chi connectivity index (χ2n) is 8.16. The predicted molar refractivity (Wildman–Crippen MR) is 119 cm³/mol. The van der Waals surface area contributed by atoms with Crippen LogP contribution in [-0.4, -0.2) is 48.9 Å². The Bertz CT molecular complexity index is 391. The van der Waals surface area contributed by atoms with Gasteiger partial charge < -0.3 is 20.8 Å². The van der Waals surface area contributed by atoms with Crippen LogP contribution in [0.15, 0.2) is 0 Å². The molecule has 29 heavy (non-hydrogen) atoms. The Kier molecular flexibility index (Phi) is 22.8. The van der Waals surface area contributed by atoms with Gasteiger partial charge in [0.1, 0.15) is 5.78 Å². The maximum absolute atomic E-state index is 10.3. The number of carbonyl (C=O) groups is 2. The lowest BCUT2D eigenvalue weighted by Gasteiger charge is -2.48.